The number of aldehydes is 1. The van der Waals surface area contributed by atoms with E-state index in [1.54, 1.807) is 6.07 Å². The monoisotopic (exact) mass is 211 g/mol. The maximum absolute atomic E-state index is 10.8. The van der Waals surface area contributed by atoms with Crippen LogP contribution in [0.4, 0.5) is 5.69 Å². The lowest BCUT2D eigenvalue weighted by Gasteiger charge is -2.07. The number of anilines is 1. The van der Waals surface area contributed by atoms with Gasteiger partial charge in [0.2, 0.25) is 0 Å². The van der Waals surface area contributed by atoms with Gasteiger partial charge >= 0.3 is 0 Å². The fourth-order valence-corrected chi connectivity index (χ4v) is 1.67. The van der Waals surface area contributed by atoms with Crippen LogP contribution in [0.15, 0.2) is 42.5 Å². The normalized spacial score (nSPS) is 10.1. The Bertz CT molecular complexity index is 515. The third-order valence-corrected chi connectivity index (χ3v) is 2.63. The molecule has 0 bridgehead atoms. The van der Waals surface area contributed by atoms with Crippen molar-refractivity contribution in [3.63, 3.8) is 0 Å². The first-order chi connectivity index (χ1) is 7.72. The van der Waals surface area contributed by atoms with Gasteiger partial charge in [-0.25, -0.2) is 0 Å². The third-order valence-electron chi connectivity index (χ3n) is 2.63. The molecule has 0 unspecified atom stereocenters. The van der Waals surface area contributed by atoms with Gasteiger partial charge in [0.25, 0.3) is 0 Å². The van der Waals surface area contributed by atoms with E-state index in [-0.39, 0.29) is 0 Å². The number of benzene rings is 2. The summed E-state index contributed by atoms with van der Waals surface area (Å²) in [5.41, 5.74) is 10.2. The van der Waals surface area contributed by atoms with E-state index in [0.717, 1.165) is 17.4 Å². The molecule has 2 heteroatoms. The SMILES string of the molecule is Cc1ccc(-c2cccc(C=O)c2N)cc1. The van der Waals surface area contributed by atoms with Crippen molar-refractivity contribution in [1.29, 1.82) is 0 Å². The van der Waals surface area contributed by atoms with Crippen molar-refractivity contribution in [2.24, 2.45) is 0 Å². The number of nitrogens with two attached hydrogens (primary N) is 1. The molecule has 2 rings (SSSR count). The third kappa shape index (κ3) is 1.82. The number of aryl methyl sites for hydroxylation is 1. The van der Waals surface area contributed by atoms with Crippen molar-refractivity contribution in [2.75, 3.05) is 5.73 Å². The molecule has 0 saturated carbocycles. The highest BCUT2D eigenvalue weighted by Gasteiger charge is 2.05. The molecular formula is C14H13NO. The number of nitrogen functional groups attached to an aromatic ring is 1. The summed E-state index contributed by atoms with van der Waals surface area (Å²) < 4.78 is 0. The van der Waals surface area contributed by atoms with Gasteiger partial charge in [0.15, 0.2) is 6.29 Å². The van der Waals surface area contributed by atoms with Crippen LogP contribution in [0.1, 0.15) is 15.9 Å². The van der Waals surface area contributed by atoms with Crippen LogP contribution in [0.2, 0.25) is 0 Å². The van der Waals surface area contributed by atoms with Crippen molar-refractivity contribution in [3.05, 3.63) is 53.6 Å². The zero-order valence-corrected chi connectivity index (χ0v) is 9.10. The molecule has 2 nitrogen and oxygen atoms in total. The van der Waals surface area contributed by atoms with Crippen LogP contribution in [0.5, 0.6) is 0 Å². The Hall–Kier alpha value is -2.09. The number of carbonyl (C=O) groups is 1. The first-order valence-corrected chi connectivity index (χ1v) is 5.13. The maximum atomic E-state index is 10.8. The largest absolute Gasteiger partial charge is 0.398 e. The molecule has 80 valence electrons. The second-order valence-corrected chi connectivity index (χ2v) is 3.79. The summed E-state index contributed by atoms with van der Waals surface area (Å²) >= 11 is 0. The Balaban J connectivity index is 2.56. The van der Waals surface area contributed by atoms with E-state index in [2.05, 4.69) is 0 Å². The summed E-state index contributed by atoms with van der Waals surface area (Å²) in [5, 5.41) is 0. The second kappa shape index (κ2) is 4.19. The molecule has 2 aromatic carbocycles. The summed E-state index contributed by atoms with van der Waals surface area (Å²) in [6.07, 6.45) is 0.785. The quantitative estimate of drug-likeness (QED) is 0.612. The lowest BCUT2D eigenvalue weighted by Crippen LogP contribution is -1.95. The average molecular weight is 211 g/mol. The molecule has 0 saturated heterocycles. The number of rotatable bonds is 2. The zero-order chi connectivity index (χ0) is 11.5. The van der Waals surface area contributed by atoms with Crippen LogP contribution < -0.4 is 5.73 Å². The molecule has 16 heavy (non-hydrogen) atoms. The molecule has 0 fully saturated rings. The molecule has 0 aromatic heterocycles. The predicted octanol–water partition coefficient (Wildman–Crippen LogP) is 3.06. The molecule has 0 atom stereocenters. The highest BCUT2D eigenvalue weighted by atomic mass is 16.1. The smallest absolute Gasteiger partial charge is 0.152 e. The van der Waals surface area contributed by atoms with Crippen LogP contribution in [0, 0.1) is 6.92 Å². The van der Waals surface area contributed by atoms with E-state index in [1.165, 1.54) is 5.56 Å². The van der Waals surface area contributed by atoms with Crippen molar-refractivity contribution in [3.8, 4) is 11.1 Å². The van der Waals surface area contributed by atoms with Crippen LogP contribution in [-0.2, 0) is 0 Å². The van der Waals surface area contributed by atoms with Crippen LogP contribution >= 0.6 is 0 Å². The predicted molar refractivity (Wildman–Crippen MR) is 66.4 cm³/mol. The van der Waals surface area contributed by atoms with Gasteiger partial charge in [-0.2, -0.15) is 0 Å². The van der Waals surface area contributed by atoms with Gasteiger partial charge in [0.1, 0.15) is 0 Å². The molecule has 2 aromatic rings. The number of carbonyl (C=O) groups excluding carboxylic acids is 1. The highest BCUT2D eigenvalue weighted by molar-refractivity contribution is 5.91. The Morgan fingerprint density at radius 2 is 1.75 bits per heavy atom. The molecule has 0 heterocycles. The van der Waals surface area contributed by atoms with Gasteiger partial charge in [0, 0.05) is 16.8 Å². The Labute approximate surface area is 94.7 Å². The van der Waals surface area contributed by atoms with Gasteiger partial charge in [-0.3, -0.25) is 4.79 Å². The van der Waals surface area contributed by atoms with E-state index < -0.39 is 0 Å². The second-order valence-electron chi connectivity index (χ2n) is 3.79. The summed E-state index contributed by atoms with van der Waals surface area (Å²) in [4.78, 5) is 10.8. The van der Waals surface area contributed by atoms with E-state index in [0.29, 0.717) is 11.3 Å². The van der Waals surface area contributed by atoms with Gasteiger partial charge in [-0.1, -0.05) is 42.0 Å². The average Bonchev–Trinajstić information content (AvgIpc) is 2.31. The summed E-state index contributed by atoms with van der Waals surface area (Å²) in [6, 6.07) is 13.6. The molecular weight excluding hydrogens is 198 g/mol. The Morgan fingerprint density at radius 1 is 1.06 bits per heavy atom. The van der Waals surface area contributed by atoms with E-state index in [9.17, 15) is 4.79 Å². The van der Waals surface area contributed by atoms with Crippen molar-refractivity contribution < 1.29 is 4.79 Å². The standard InChI is InChI=1S/C14H13NO/c1-10-5-7-11(8-6-10)13-4-2-3-12(9-16)14(13)15/h2-9H,15H2,1H3. The maximum Gasteiger partial charge on any atom is 0.152 e. The number of hydrogen-bond acceptors (Lipinski definition) is 2. The molecule has 0 spiro atoms. The molecule has 0 amide bonds. The summed E-state index contributed by atoms with van der Waals surface area (Å²) in [5.74, 6) is 0. The van der Waals surface area contributed by atoms with Crippen molar-refractivity contribution in [1.82, 2.24) is 0 Å². The van der Waals surface area contributed by atoms with Crippen LogP contribution in [0.3, 0.4) is 0 Å². The van der Waals surface area contributed by atoms with E-state index >= 15 is 0 Å². The zero-order valence-electron chi connectivity index (χ0n) is 9.10. The minimum absolute atomic E-state index is 0.540. The van der Waals surface area contributed by atoms with E-state index in [1.807, 2.05) is 43.3 Å². The first kappa shape index (κ1) is 10.4. The first-order valence-electron chi connectivity index (χ1n) is 5.13. The lowest BCUT2D eigenvalue weighted by molar-refractivity contribution is 0.112. The Kier molecular flexibility index (Phi) is 2.73. The lowest BCUT2D eigenvalue weighted by atomic mass is 10.00. The fraction of sp³-hybridized carbons (Fsp3) is 0.0714. The number of hydrogen-bond donors (Lipinski definition) is 1. The van der Waals surface area contributed by atoms with Crippen molar-refractivity contribution >= 4 is 12.0 Å². The summed E-state index contributed by atoms with van der Waals surface area (Å²) in [7, 11) is 0. The Morgan fingerprint density at radius 3 is 2.38 bits per heavy atom. The fourth-order valence-electron chi connectivity index (χ4n) is 1.67. The minimum Gasteiger partial charge on any atom is -0.398 e. The molecule has 2 N–H and O–H groups in total. The highest BCUT2D eigenvalue weighted by Crippen LogP contribution is 2.27. The van der Waals surface area contributed by atoms with Gasteiger partial charge in [0.05, 0.1) is 0 Å². The minimum atomic E-state index is 0.540. The van der Waals surface area contributed by atoms with Gasteiger partial charge < -0.3 is 5.73 Å². The number of para-hydroxylation sites is 1. The van der Waals surface area contributed by atoms with Crippen LogP contribution in [0.25, 0.3) is 11.1 Å². The molecule has 0 aliphatic heterocycles. The molecule has 0 aliphatic carbocycles. The van der Waals surface area contributed by atoms with Crippen molar-refractivity contribution in [2.45, 2.75) is 6.92 Å². The van der Waals surface area contributed by atoms with Crippen LogP contribution in [-0.4, -0.2) is 6.29 Å². The van der Waals surface area contributed by atoms with E-state index in [4.69, 9.17) is 5.73 Å². The van der Waals surface area contributed by atoms with Gasteiger partial charge in [-0.05, 0) is 18.6 Å². The van der Waals surface area contributed by atoms with Gasteiger partial charge in [-0.15, -0.1) is 0 Å². The topological polar surface area (TPSA) is 43.1 Å². The summed E-state index contributed by atoms with van der Waals surface area (Å²) in [6.45, 7) is 2.04. The molecule has 0 radical (unpaired) electrons. The molecule has 0 aliphatic rings.